The maximum absolute atomic E-state index is 9.62. The Morgan fingerprint density at radius 1 is 1.20 bits per heavy atom. The molecule has 0 atom stereocenters. The Morgan fingerprint density at radius 3 is 2.47 bits per heavy atom. The van der Waals surface area contributed by atoms with E-state index in [2.05, 4.69) is 32.0 Å². The third-order valence-corrected chi connectivity index (χ3v) is 2.95. The predicted octanol–water partition coefficient (Wildman–Crippen LogP) is 3.40. The average molecular weight is 206 g/mol. The van der Waals surface area contributed by atoms with Gasteiger partial charge in [0.2, 0.25) is 0 Å². The zero-order valence-electron chi connectivity index (χ0n) is 10.3. The molecule has 0 saturated heterocycles. The first-order valence-corrected chi connectivity index (χ1v) is 5.67. The van der Waals surface area contributed by atoms with Crippen molar-refractivity contribution in [2.75, 3.05) is 0 Å². The first-order valence-electron chi connectivity index (χ1n) is 5.67. The molecule has 0 fully saturated rings. The maximum Gasteiger partial charge on any atom is 0.0591 e. The van der Waals surface area contributed by atoms with Crippen molar-refractivity contribution in [2.45, 2.75) is 52.6 Å². The van der Waals surface area contributed by atoms with Crippen LogP contribution in [0.5, 0.6) is 0 Å². The van der Waals surface area contributed by atoms with Crippen molar-refractivity contribution in [3.8, 4) is 0 Å². The molecule has 84 valence electrons. The molecular formula is C14H22O. The van der Waals surface area contributed by atoms with Crippen LogP contribution in [0.2, 0.25) is 0 Å². The second-order valence-corrected chi connectivity index (χ2v) is 5.03. The smallest absolute Gasteiger partial charge is 0.0591 e. The van der Waals surface area contributed by atoms with Crippen molar-refractivity contribution in [1.29, 1.82) is 0 Å². The molecular weight excluding hydrogens is 184 g/mol. The number of rotatable bonds is 4. The zero-order valence-corrected chi connectivity index (χ0v) is 10.3. The normalized spacial score (nSPS) is 11.8. The summed E-state index contributed by atoms with van der Waals surface area (Å²) in [6, 6.07) is 6.45. The summed E-state index contributed by atoms with van der Waals surface area (Å²) in [6.07, 6.45) is 2.98. The molecule has 0 heterocycles. The predicted molar refractivity (Wildman–Crippen MR) is 65.2 cm³/mol. The van der Waals surface area contributed by atoms with Gasteiger partial charge in [0.15, 0.2) is 0 Å². The highest BCUT2D eigenvalue weighted by Gasteiger charge is 2.11. The summed E-state index contributed by atoms with van der Waals surface area (Å²) >= 11 is 0. The summed E-state index contributed by atoms with van der Waals surface area (Å²) in [7, 11) is 0. The van der Waals surface area contributed by atoms with E-state index in [9.17, 15) is 5.11 Å². The van der Waals surface area contributed by atoms with E-state index in [-0.39, 0.29) is 0 Å². The van der Waals surface area contributed by atoms with E-state index in [1.165, 1.54) is 16.7 Å². The van der Waals surface area contributed by atoms with Crippen molar-refractivity contribution >= 4 is 0 Å². The molecule has 0 aromatic heterocycles. The van der Waals surface area contributed by atoms with Gasteiger partial charge in [-0.2, -0.15) is 0 Å². The quantitative estimate of drug-likeness (QED) is 0.800. The largest absolute Gasteiger partial charge is 0.390 e. The first kappa shape index (κ1) is 12.3. The van der Waals surface area contributed by atoms with Crippen LogP contribution in [0, 0.1) is 13.8 Å². The minimum Gasteiger partial charge on any atom is -0.390 e. The highest BCUT2D eigenvalue weighted by Crippen LogP contribution is 2.18. The van der Waals surface area contributed by atoms with Crippen LogP contribution in [0.15, 0.2) is 18.2 Å². The lowest BCUT2D eigenvalue weighted by atomic mass is 9.95. The molecule has 1 aromatic carbocycles. The molecule has 1 heteroatoms. The van der Waals surface area contributed by atoms with Crippen LogP contribution >= 0.6 is 0 Å². The van der Waals surface area contributed by atoms with Gasteiger partial charge in [-0.3, -0.25) is 0 Å². The summed E-state index contributed by atoms with van der Waals surface area (Å²) < 4.78 is 0. The molecule has 1 aromatic rings. The van der Waals surface area contributed by atoms with Crippen LogP contribution in [0.3, 0.4) is 0 Å². The Labute approximate surface area is 93.1 Å². The lowest BCUT2D eigenvalue weighted by Crippen LogP contribution is -2.18. The molecule has 0 aliphatic carbocycles. The second kappa shape index (κ2) is 4.80. The minimum atomic E-state index is -0.530. The summed E-state index contributed by atoms with van der Waals surface area (Å²) in [6.45, 7) is 8.07. The van der Waals surface area contributed by atoms with Gasteiger partial charge in [0.25, 0.3) is 0 Å². The molecule has 0 bridgehead atoms. The minimum absolute atomic E-state index is 0.530. The number of hydrogen-bond acceptors (Lipinski definition) is 1. The summed E-state index contributed by atoms with van der Waals surface area (Å²) in [4.78, 5) is 0. The van der Waals surface area contributed by atoms with E-state index < -0.39 is 5.60 Å². The molecule has 0 saturated carbocycles. The van der Waals surface area contributed by atoms with Crippen LogP contribution in [-0.4, -0.2) is 10.7 Å². The number of hydrogen-bond donors (Lipinski definition) is 1. The maximum atomic E-state index is 9.62. The number of benzene rings is 1. The van der Waals surface area contributed by atoms with Crippen LogP contribution in [0.4, 0.5) is 0 Å². The first-order chi connectivity index (χ1) is 6.90. The van der Waals surface area contributed by atoms with E-state index >= 15 is 0 Å². The molecule has 0 radical (unpaired) electrons. The summed E-state index contributed by atoms with van der Waals surface area (Å²) in [5, 5.41) is 9.62. The summed E-state index contributed by atoms with van der Waals surface area (Å²) in [5.41, 5.74) is 3.64. The van der Waals surface area contributed by atoms with Gasteiger partial charge in [0, 0.05) is 0 Å². The molecule has 0 aliphatic heterocycles. The lowest BCUT2D eigenvalue weighted by Gasteiger charge is -2.17. The number of aryl methyl sites for hydroxylation is 2. The molecule has 0 amide bonds. The third-order valence-electron chi connectivity index (χ3n) is 2.95. The van der Waals surface area contributed by atoms with Gasteiger partial charge >= 0.3 is 0 Å². The van der Waals surface area contributed by atoms with Crippen molar-refractivity contribution in [1.82, 2.24) is 0 Å². The number of aliphatic hydroxyl groups is 1. The van der Waals surface area contributed by atoms with Crippen molar-refractivity contribution in [3.63, 3.8) is 0 Å². The SMILES string of the molecule is Cc1cccc(CCCC(C)(C)O)c1C. The molecule has 0 aliphatic rings. The Morgan fingerprint density at radius 2 is 1.87 bits per heavy atom. The van der Waals surface area contributed by atoms with Gasteiger partial charge in [-0.15, -0.1) is 0 Å². The molecule has 0 spiro atoms. The van der Waals surface area contributed by atoms with Gasteiger partial charge < -0.3 is 5.11 Å². The fourth-order valence-electron chi connectivity index (χ4n) is 1.79. The van der Waals surface area contributed by atoms with Crippen molar-refractivity contribution in [2.24, 2.45) is 0 Å². The molecule has 0 unspecified atom stereocenters. The van der Waals surface area contributed by atoms with Gasteiger partial charge in [-0.25, -0.2) is 0 Å². The zero-order chi connectivity index (χ0) is 11.5. The van der Waals surface area contributed by atoms with Crippen molar-refractivity contribution < 1.29 is 5.11 Å². The Hall–Kier alpha value is -0.820. The van der Waals surface area contributed by atoms with Gasteiger partial charge in [-0.1, -0.05) is 18.2 Å². The Kier molecular flexibility index (Phi) is 3.92. The van der Waals surface area contributed by atoms with Crippen LogP contribution in [0.25, 0.3) is 0 Å². The fraction of sp³-hybridized carbons (Fsp3) is 0.571. The van der Waals surface area contributed by atoms with E-state index in [1.807, 2.05) is 13.8 Å². The van der Waals surface area contributed by atoms with Crippen LogP contribution in [0.1, 0.15) is 43.4 Å². The highest BCUT2D eigenvalue weighted by molar-refractivity contribution is 5.33. The van der Waals surface area contributed by atoms with E-state index in [4.69, 9.17) is 0 Å². The Balaban J connectivity index is 2.55. The monoisotopic (exact) mass is 206 g/mol. The van der Waals surface area contributed by atoms with E-state index in [0.717, 1.165) is 19.3 Å². The van der Waals surface area contributed by atoms with Crippen molar-refractivity contribution in [3.05, 3.63) is 34.9 Å². The van der Waals surface area contributed by atoms with E-state index in [1.54, 1.807) is 0 Å². The molecule has 1 rings (SSSR count). The second-order valence-electron chi connectivity index (χ2n) is 5.03. The lowest BCUT2D eigenvalue weighted by molar-refractivity contribution is 0.0689. The average Bonchev–Trinajstić information content (AvgIpc) is 2.10. The molecule has 15 heavy (non-hydrogen) atoms. The molecule has 1 N–H and O–H groups in total. The van der Waals surface area contributed by atoms with Gasteiger partial charge in [0.05, 0.1) is 5.60 Å². The summed E-state index contributed by atoms with van der Waals surface area (Å²) in [5.74, 6) is 0. The third kappa shape index (κ3) is 4.05. The standard InChI is InChI=1S/C14H22O/c1-11-7-5-8-13(12(11)2)9-6-10-14(3,4)15/h5,7-8,15H,6,9-10H2,1-4H3. The van der Waals surface area contributed by atoms with Gasteiger partial charge in [0.1, 0.15) is 0 Å². The molecule has 1 nitrogen and oxygen atoms in total. The van der Waals surface area contributed by atoms with Gasteiger partial charge in [-0.05, 0) is 63.6 Å². The van der Waals surface area contributed by atoms with Crippen LogP contribution < -0.4 is 0 Å². The Bertz CT molecular complexity index is 321. The fourth-order valence-corrected chi connectivity index (χ4v) is 1.79. The van der Waals surface area contributed by atoms with E-state index in [0.29, 0.717) is 0 Å². The topological polar surface area (TPSA) is 20.2 Å². The van der Waals surface area contributed by atoms with Crippen LogP contribution in [-0.2, 0) is 6.42 Å². The highest BCUT2D eigenvalue weighted by atomic mass is 16.3.